The Balaban J connectivity index is 1.64. The summed E-state index contributed by atoms with van der Waals surface area (Å²) in [6.45, 7) is 6.26. The van der Waals surface area contributed by atoms with E-state index in [-0.39, 0.29) is 5.91 Å². The van der Waals surface area contributed by atoms with Crippen LogP contribution in [0, 0.1) is 0 Å². The fourth-order valence-corrected chi connectivity index (χ4v) is 3.82. The number of hydrogen-bond donors (Lipinski definition) is 2. The minimum Gasteiger partial charge on any atom is -0.392 e. The summed E-state index contributed by atoms with van der Waals surface area (Å²) in [5, 5.41) is 12.9. The lowest BCUT2D eigenvalue weighted by atomic mass is 9.98. The van der Waals surface area contributed by atoms with Crippen molar-refractivity contribution in [2.75, 3.05) is 49.6 Å². The van der Waals surface area contributed by atoms with Crippen LogP contribution in [0.5, 0.6) is 0 Å². The summed E-state index contributed by atoms with van der Waals surface area (Å²) < 4.78 is 5.45. The molecular weight excluding hydrogens is 368 g/mol. The zero-order valence-corrected chi connectivity index (χ0v) is 16.8. The van der Waals surface area contributed by atoms with Crippen molar-refractivity contribution in [2.24, 2.45) is 0 Å². The molecule has 29 heavy (non-hydrogen) atoms. The van der Waals surface area contributed by atoms with Gasteiger partial charge in [0.2, 0.25) is 0 Å². The van der Waals surface area contributed by atoms with Gasteiger partial charge >= 0.3 is 0 Å². The number of ether oxygens (including phenoxy) is 1. The molecule has 1 unspecified atom stereocenters. The molecule has 0 radical (unpaired) electrons. The van der Waals surface area contributed by atoms with Crippen LogP contribution in [0.3, 0.4) is 0 Å². The Labute approximate surface area is 171 Å². The van der Waals surface area contributed by atoms with Crippen LogP contribution in [0.4, 0.5) is 11.6 Å². The zero-order valence-electron chi connectivity index (χ0n) is 16.8. The highest BCUT2D eigenvalue weighted by molar-refractivity contribution is 6.01. The number of rotatable bonds is 6. The van der Waals surface area contributed by atoms with E-state index >= 15 is 0 Å². The van der Waals surface area contributed by atoms with Crippen LogP contribution < -0.4 is 10.2 Å². The zero-order chi connectivity index (χ0) is 20.2. The van der Waals surface area contributed by atoms with Gasteiger partial charge in [0.05, 0.1) is 24.9 Å². The Hall–Kier alpha value is -2.64. The number of anilines is 2. The molecule has 4 rings (SSSR count). The molecule has 3 heterocycles. The van der Waals surface area contributed by atoms with Crippen molar-refractivity contribution in [1.82, 2.24) is 9.88 Å². The third-order valence-electron chi connectivity index (χ3n) is 5.36. The maximum Gasteiger partial charge on any atom is 0.258 e. The Morgan fingerprint density at radius 1 is 1.21 bits per heavy atom. The first-order chi connectivity index (χ1) is 14.1. The summed E-state index contributed by atoms with van der Waals surface area (Å²) in [6, 6.07) is 12.1. The van der Waals surface area contributed by atoms with E-state index in [1.165, 1.54) is 0 Å². The average molecular weight is 396 g/mol. The topological polar surface area (TPSA) is 77.9 Å². The minimum absolute atomic E-state index is 0.00998. The fourth-order valence-electron chi connectivity index (χ4n) is 3.82. The molecule has 0 spiro atoms. The monoisotopic (exact) mass is 396 g/mol. The molecule has 2 N–H and O–H groups in total. The quantitative estimate of drug-likeness (QED) is 0.777. The molecule has 2 aromatic rings. The number of nitrogens with one attached hydrogen (secondary N) is 1. The number of aliphatic hydroxyl groups excluding tert-OH is 1. The number of morpholine rings is 1. The van der Waals surface area contributed by atoms with Crippen LogP contribution in [0.2, 0.25) is 0 Å². The van der Waals surface area contributed by atoms with E-state index in [9.17, 15) is 9.90 Å². The van der Waals surface area contributed by atoms with Gasteiger partial charge in [0.25, 0.3) is 5.91 Å². The van der Waals surface area contributed by atoms with E-state index in [2.05, 4.69) is 10.2 Å². The van der Waals surface area contributed by atoms with Gasteiger partial charge in [0.1, 0.15) is 11.6 Å². The number of fused-ring (bicyclic) bond motifs is 1. The van der Waals surface area contributed by atoms with Crippen molar-refractivity contribution in [1.29, 1.82) is 0 Å². The molecular formula is C22H28N4O3. The SMILES string of the molecule is CC(O)CNc1nc(N2CCOCC2)cc2c1C(=O)N(Cc1ccccc1)CC2. The predicted octanol–water partition coefficient (Wildman–Crippen LogP) is 1.91. The van der Waals surface area contributed by atoms with Crippen molar-refractivity contribution in [3.05, 3.63) is 53.1 Å². The number of aliphatic hydroxyl groups is 1. The van der Waals surface area contributed by atoms with Crippen molar-refractivity contribution in [3.63, 3.8) is 0 Å². The molecule has 1 fully saturated rings. The largest absolute Gasteiger partial charge is 0.392 e. The smallest absolute Gasteiger partial charge is 0.258 e. The Bertz CT molecular complexity index is 851. The Morgan fingerprint density at radius 3 is 2.69 bits per heavy atom. The van der Waals surface area contributed by atoms with Crippen molar-refractivity contribution >= 4 is 17.5 Å². The molecule has 2 aliphatic heterocycles. The molecule has 0 aliphatic carbocycles. The van der Waals surface area contributed by atoms with Gasteiger partial charge in [-0.2, -0.15) is 0 Å². The number of carbonyl (C=O) groups excluding carboxylic acids is 1. The second kappa shape index (κ2) is 8.80. The minimum atomic E-state index is -0.529. The molecule has 0 saturated carbocycles. The number of hydrogen-bond acceptors (Lipinski definition) is 6. The van der Waals surface area contributed by atoms with E-state index in [0.717, 1.165) is 36.5 Å². The van der Waals surface area contributed by atoms with E-state index in [1.54, 1.807) is 6.92 Å². The van der Waals surface area contributed by atoms with Gasteiger partial charge in [-0.3, -0.25) is 4.79 Å². The molecule has 1 amide bonds. The molecule has 154 valence electrons. The number of aromatic nitrogens is 1. The first-order valence-electron chi connectivity index (χ1n) is 10.2. The van der Waals surface area contributed by atoms with Gasteiger partial charge in [-0.1, -0.05) is 30.3 Å². The number of pyridine rings is 1. The van der Waals surface area contributed by atoms with Crippen LogP contribution in [0.1, 0.15) is 28.4 Å². The number of amides is 1. The van der Waals surface area contributed by atoms with Gasteiger partial charge in [-0.05, 0) is 30.5 Å². The molecule has 7 nitrogen and oxygen atoms in total. The van der Waals surface area contributed by atoms with Gasteiger partial charge in [-0.25, -0.2) is 4.98 Å². The van der Waals surface area contributed by atoms with E-state index < -0.39 is 6.10 Å². The summed E-state index contributed by atoms with van der Waals surface area (Å²) in [6.07, 6.45) is 0.260. The van der Waals surface area contributed by atoms with Crippen LogP contribution in [-0.4, -0.2) is 66.4 Å². The van der Waals surface area contributed by atoms with Crippen molar-refractivity contribution < 1.29 is 14.6 Å². The molecule has 1 atom stereocenters. The van der Waals surface area contributed by atoms with Gasteiger partial charge < -0.3 is 25.0 Å². The molecule has 1 saturated heterocycles. The van der Waals surface area contributed by atoms with Crippen LogP contribution in [0.25, 0.3) is 0 Å². The first-order valence-corrected chi connectivity index (χ1v) is 10.2. The Kier molecular flexibility index (Phi) is 5.97. The van der Waals surface area contributed by atoms with Crippen LogP contribution in [-0.2, 0) is 17.7 Å². The summed E-state index contributed by atoms with van der Waals surface area (Å²) in [5.41, 5.74) is 2.76. The maximum atomic E-state index is 13.3. The lowest BCUT2D eigenvalue weighted by Crippen LogP contribution is -2.40. The molecule has 0 bridgehead atoms. The lowest BCUT2D eigenvalue weighted by molar-refractivity contribution is 0.0727. The van der Waals surface area contributed by atoms with Crippen molar-refractivity contribution in [2.45, 2.75) is 26.0 Å². The first kappa shape index (κ1) is 19.7. The van der Waals surface area contributed by atoms with Crippen LogP contribution in [0.15, 0.2) is 36.4 Å². The molecule has 7 heteroatoms. The highest BCUT2D eigenvalue weighted by Gasteiger charge is 2.30. The number of benzene rings is 1. The maximum absolute atomic E-state index is 13.3. The highest BCUT2D eigenvalue weighted by atomic mass is 16.5. The summed E-state index contributed by atoms with van der Waals surface area (Å²) in [7, 11) is 0. The molecule has 1 aromatic heterocycles. The summed E-state index contributed by atoms with van der Waals surface area (Å²) in [5.74, 6) is 1.42. The van der Waals surface area contributed by atoms with E-state index in [0.29, 0.717) is 44.2 Å². The predicted molar refractivity (Wildman–Crippen MR) is 112 cm³/mol. The standard InChI is InChI=1S/C22H28N4O3/c1-16(27)14-23-21-20-18(13-19(24-21)25-9-11-29-12-10-25)7-8-26(22(20)28)15-17-5-3-2-4-6-17/h2-6,13,16,27H,7-12,14-15H2,1H3,(H,23,24). The van der Waals surface area contributed by atoms with Gasteiger partial charge in [0.15, 0.2) is 0 Å². The van der Waals surface area contributed by atoms with E-state index in [1.807, 2.05) is 41.3 Å². The summed E-state index contributed by atoms with van der Waals surface area (Å²) in [4.78, 5) is 22.2. The Morgan fingerprint density at radius 2 is 1.97 bits per heavy atom. The second-order valence-corrected chi connectivity index (χ2v) is 7.65. The van der Waals surface area contributed by atoms with Crippen molar-refractivity contribution in [3.8, 4) is 0 Å². The third kappa shape index (κ3) is 4.52. The average Bonchev–Trinajstić information content (AvgIpc) is 2.75. The van der Waals surface area contributed by atoms with Gasteiger partial charge in [-0.15, -0.1) is 0 Å². The highest BCUT2D eigenvalue weighted by Crippen LogP contribution is 2.30. The number of carbonyl (C=O) groups is 1. The fraction of sp³-hybridized carbons (Fsp3) is 0.455. The van der Waals surface area contributed by atoms with Gasteiger partial charge in [0, 0.05) is 32.7 Å². The lowest BCUT2D eigenvalue weighted by Gasteiger charge is -2.33. The van der Waals surface area contributed by atoms with E-state index in [4.69, 9.17) is 9.72 Å². The summed E-state index contributed by atoms with van der Waals surface area (Å²) >= 11 is 0. The molecule has 1 aromatic carbocycles. The number of nitrogens with zero attached hydrogens (tertiary/aromatic N) is 3. The second-order valence-electron chi connectivity index (χ2n) is 7.65. The molecule has 2 aliphatic rings. The third-order valence-corrected chi connectivity index (χ3v) is 5.36. The van der Waals surface area contributed by atoms with Crippen LogP contribution >= 0.6 is 0 Å². The normalized spacial score (nSPS) is 17.8.